The number of likely N-dealkylation sites (N-methyl/N-ethyl adjacent to an activating group) is 1. The van der Waals surface area contributed by atoms with Crippen molar-refractivity contribution >= 4 is 39.2 Å². The van der Waals surface area contributed by atoms with Crippen molar-refractivity contribution in [2.45, 2.75) is 13.3 Å². The molecule has 152 valence electrons. The van der Waals surface area contributed by atoms with Crippen LogP contribution in [-0.4, -0.2) is 25.0 Å². The van der Waals surface area contributed by atoms with Gasteiger partial charge in [0.2, 0.25) is 5.91 Å². The molecule has 4 rings (SSSR count). The molecule has 2 N–H and O–H groups in total. The van der Waals surface area contributed by atoms with Crippen LogP contribution < -0.4 is 15.4 Å². The van der Waals surface area contributed by atoms with Gasteiger partial charge in [-0.05, 0) is 48.0 Å². The molecule has 0 fully saturated rings. The van der Waals surface area contributed by atoms with Gasteiger partial charge in [-0.25, -0.2) is 0 Å². The lowest BCUT2D eigenvalue weighted by Crippen LogP contribution is -2.28. The molecule has 0 aliphatic heterocycles. The summed E-state index contributed by atoms with van der Waals surface area (Å²) in [5.41, 5.74) is 2.27. The van der Waals surface area contributed by atoms with E-state index in [1.807, 2.05) is 43.3 Å². The average Bonchev–Trinajstić information content (AvgIpc) is 3.16. The van der Waals surface area contributed by atoms with Crippen LogP contribution in [0, 0.1) is 0 Å². The first-order valence-electron chi connectivity index (χ1n) is 9.81. The second-order valence-electron chi connectivity index (χ2n) is 6.91. The minimum atomic E-state index is -0.172. The van der Waals surface area contributed by atoms with Gasteiger partial charge in [-0.2, -0.15) is 0 Å². The number of hydrogen-bond acceptors (Lipinski definition) is 4. The van der Waals surface area contributed by atoms with Gasteiger partial charge in [-0.15, -0.1) is 0 Å². The molecule has 0 aliphatic rings. The van der Waals surface area contributed by atoms with Crippen LogP contribution in [0.5, 0.6) is 5.75 Å². The van der Waals surface area contributed by atoms with Crippen LogP contribution in [0.15, 0.2) is 71.3 Å². The Kier molecular flexibility index (Phi) is 5.66. The Morgan fingerprint density at radius 3 is 2.57 bits per heavy atom. The fraction of sp³-hybridized carbons (Fsp3) is 0.167. The fourth-order valence-corrected chi connectivity index (χ4v) is 3.41. The highest BCUT2D eigenvalue weighted by Crippen LogP contribution is 2.30. The molecule has 0 atom stereocenters. The zero-order valence-electron chi connectivity index (χ0n) is 16.6. The van der Waals surface area contributed by atoms with Crippen LogP contribution in [0.1, 0.15) is 12.5 Å². The van der Waals surface area contributed by atoms with Crippen molar-refractivity contribution in [2.24, 2.45) is 0 Å². The van der Waals surface area contributed by atoms with E-state index in [-0.39, 0.29) is 24.8 Å². The molecule has 0 saturated heterocycles. The van der Waals surface area contributed by atoms with Crippen molar-refractivity contribution in [3.05, 3.63) is 72.5 Å². The van der Waals surface area contributed by atoms with Gasteiger partial charge in [-0.3, -0.25) is 9.59 Å². The number of amides is 2. The quantitative estimate of drug-likeness (QED) is 0.483. The predicted molar refractivity (Wildman–Crippen MR) is 117 cm³/mol. The Morgan fingerprint density at radius 2 is 1.77 bits per heavy atom. The summed E-state index contributed by atoms with van der Waals surface area (Å²) in [5.74, 6) is 0.253. The molecule has 2 amide bonds. The molecule has 1 heterocycles. The molecule has 0 saturated carbocycles. The van der Waals surface area contributed by atoms with E-state index in [0.29, 0.717) is 18.0 Å². The number of fused-ring (bicyclic) bond motifs is 3. The van der Waals surface area contributed by atoms with E-state index in [4.69, 9.17) is 9.15 Å². The molecule has 0 aliphatic carbocycles. The molecule has 0 spiro atoms. The van der Waals surface area contributed by atoms with E-state index in [1.54, 1.807) is 30.5 Å². The van der Waals surface area contributed by atoms with E-state index in [2.05, 4.69) is 10.6 Å². The van der Waals surface area contributed by atoms with E-state index >= 15 is 0 Å². The van der Waals surface area contributed by atoms with Crippen molar-refractivity contribution in [3.8, 4) is 5.75 Å². The minimum absolute atomic E-state index is 0.0406. The molecular formula is C24H22N2O4. The summed E-state index contributed by atoms with van der Waals surface area (Å²) in [4.78, 5) is 24.0. The SMILES string of the molecule is CCNC(=O)COc1ccc(NC(=O)Cc2coc3ccc4ccccc4c23)cc1. The first-order chi connectivity index (χ1) is 14.6. The highest BCUT2D eigenvalue weighted by Gasteiger charge is 2.13. The van der Waals surface area contributed by atoms with Gasteiger partial charge in [0.15, 0.2) is 6.61 Å². The number of benzene rings is 3. The van der Waals surface area contributed by atoms with Crippen molar-refractivity contribution < 1.29 is 18.7 Å². The van der Waals surface area contributed by atoms with Crippen LogP contribution in [0.25, 0.3) is 21.7 Å². The molecule has 0 bridgehead atoms. The van der Waals surface area contributed by atoms with Crippen LogP contribution in [0.2, 0.25) is 0 Å². The smallest absolute Gasteiger partial charge is 0.257 e. The van der Waals surface area contributed by atoms with Crippen LogP contribution >= 0.6 is 0 Å². The molecule has 6 nitrogen and oxygen atoms in total. The van der Waals surface area contributed by atoms with Crippen LogP contribution in [0.3, 0.4) is 0 Å². The highest BCUT2D eigenvalue weighted by atomic mass is 16.5. The van der Waals surface area contributed by atoms with Gasteiger partial charge in [0.1, 0.15) is 11.3 Å². The Labute approximate surface area is 173 Å². The number of hydrogen-bond donors (Lipinski definition) is 2. The molecule has 1 aromatic heterocycles. The average molecular weight is 402 g/mol. The van der Waals surface area contributed by atoms with Crippen LogP contribution in [0.4, 0.5) is 5.69 Å². The molecular weight excluding hydrogens is 380 g/mol. The summed E-state index contributed by atoms with van der Waals surface area (Å²) >= 11 is 0. The maximum absolute atomic E-state index is 12.6. The first kappa shape index (κ1) is 19.5. The lowest BCUT2D eigenvalue weighted by Gasteiger charge is -2.08. The third kappa shape index (κ3) is 4.27. The molecule has 4 aromatic rings. The monoisotopic (exact) mass is 402 g/mol. The lowest BCUT2D eigenvalue weighted by molar-refractivity contribution is -0.123. The highest BCUT2D eigenvalue weighted by molar-refractivity contribution is 6.09. The standard InChI is InChI=1S/C24H22N2O4/c1-2-25-23(28)15-29-19-10-8-18(9-11-19)26-22(27)13-17-14-30-21-12-7-16-5-3-4-6-20(16)24(17)21/h3-12,14H,2,13,15H2,1H3,(H,25,28)(H,26,27). The molecule has 30 heavy (non-hydrogen) atoms. The topological polar surface area (TPSA) is 80.6 Å². The lowest BCUT2D eigenvalue weighted by atomic mass is 10.0. The summed E-state index contributed by atoms with van der Waals surface area (Å²) in [6, 6.07) is 18.9. The second-order valence-corrected chi connectivity index (χ2v) is 6.91. The first-order valence-corrected chi connectivity index (χ1v) is 9.81. The summed E-state index contributed by atoms with van der Waals surface area (Å²) < 4.78 is 11.1. The number of rotatable bonds is 7. The van der Waals surface area contributed by atoms with Gasteiger partial charge in [-0.1, -0.05) is 30.3 Å². The maximum Gasteiger partial charge on any atom is 0.257 e. The molecule has 6 heteroatoms. The number of carbonyl (C=O) groups is 2. The van der Waals surface area contributed by atoms with E-state index in [9.17, 15) is 9.59 Å². The van der Waals surface area contributed by atoms with Crippen molar-refractivity contribution in [2.75, 3.05) is 18.5 Å². The van der Waals surface area contributed by atoms with Crippen molar-refractivity contribution in [1.82, 2.24) is 5.32 Å². The molecule has 0 radical (unpaired) electrons. The maximum atomic E-state index is 12.6. The molecule has 0 unspecified atom stereocenters. The summed E-state index contributed by atoms with van der Waals surface area (Å²) in [6.07, 6.45) is 1.85. The number of furan rings is 1. The summed E-state index contributed by atoms with van der Waals surface area (Å²) in [6.45, 7) is 2.38. The zero-order valence-corrected chi connectivity index (χ0v) is 16.6. The zero-order chi connectivity index (χ0) is 20.9. The Bertz CT molecular complexity index is 1200. The summed E-state index contributed by atoms with van der Waals surface area (Å²) in [5, 5.41) is 8.71. The van der Waals surface area contributed by atoms with Crippen molar-refractivity contribution in [1.29, 1.82) is 0 Å². The predicted octanol–water partition coefficient (Wildman–Crippen LogP) is 4.28. The number of carbonyl (C=O) groups excluding carboxylic acids is 2. The number of nitrogens with one attached hydrogen (secondary N) is 2. The van der Waals surface area contributed by atoms with E-state index in [1.165, 1.54) is 0 Å². The van der Waals surface area contributed by atoms with Gasteiger partial charge in [0, 0.05) is 23.2 Å². The van der Waals surface area contributed by atoms with Gasteiger partial charge >= 0.3 is 0 Å². The Balaban J connectivity index is 1.43. The third-order valence-electron chi connectivity index (χ3n) is 4.77. The Morgan fingerprint density at radius 1 is 0.967 bits per heavy atom. The normalized spacial score (nSPS) is 10.8. The van der Waals surface area contributed by atoms with E-state index in [0.717, 1.165) is 27.3 Å². The van der Waals surface area contributed by atoms with Gasteiger partial charge in [0.05, 0.1) is 12.7 Å². The van der Waals surface area contributed by atoms with Gasteiger partial charge < -0.3 is 19.8 Å². The fourth-order valence-electron chi connectivity index (χ4n) is 3.41. The summed E-state index contributed by atoms with van der Waals surface area (Å²) in [7, 11) is 0. The third-order valence-corrected chi connectivity index (χ3v) is 4.77. The molecule has 3 aromatic carbocycles. The number of ether oxygens (including phenoxy) is 1. The van der Waals surface area contributed by atoms with E-state index < -0.39 is 0 Å². The Hall–Kier alpha value is -3.80. The number of anilines is 1. The van der Waals surface area contributed by atoms with Crippen molar-refractivity contribution in [3.63, 3.8) is 0 Å². The van der Waals surface area contributed by atoms with Crippen LogP contribution in [-0.2, 0) is 16.0 Å². The largest absolute Gasteiger partial charge is 0.484 e. The second kappa shape index (κ2) is 8.69. The van der Waals surface area contributed by atoms with Gasteiger partial charge in [0.25, 0.3) is 5.91 Å². The minimum Gasteiger partial charge on any atom is -0.484 e.